The molecule has 9 heteroatoms. The third-order valence-electron chi connectivity index (χ3n) is 7.63. The lowest BCUT2D eigenvalue weighted by molar-refractivity contribution is -0.0159. The SMILES string of the molecule is O=C(On1c(O)ccc1O)N1CCC(C(O)(c2ccc3c(c2)COC3)c2ccc3c(c2)COC3)CC1. The normalized spacial score (nSPS) is 17.8. The van der Waals surface area contributed by atoms with Crippen molar-refractivity contribution in [3.63, 3.8) is 0 Å². The van der Waals surface area contributed by atoms with E-state index >= 15 is 0 Å². The Morgan fingerprint density at radius 1 is 0.806 bits per heavy atom. The minimum atomic E-state index is -1.26. The molecule has 0 bridgehead atoms. The minimum absolute atomic E-state index is 0.157. The van der Waals surface area contributed by atoms with Crippen molar-refractivity contribution in [3.05, 3.63) is 81.9 Å². The number of hydrogen-bond donors (Lipinski definition) is 3. The highest BCUT2D eigenvalue weighted by Gasteiger charge is 2.43. The predicted octanol–water partition coefficient (Wildman–Crippen LogP) is 3.16. The van der Waals surface area contributed by atoms with Gasteiger partial charge in [0.15, 0.2) is 0 Å². The van der Waals surface area contributed by atoms with Gasteiger partial charge in [0.25, 0.3) is 0 Å². The summed E-state index contributed by atoms with van der Waals surface area (Å²) in [4.78, 5) is 19.4. The van der Waals surface area contributed by atoms with E-state index in [4.69, 9.17) is 14.3 Å². The number of amides is 1. The van der Waals surface area contributed by atoms with Crippen LogP contribution in [0.4, 0.5) is 4.79 Å². The van der Waals surface area contributed by atoms with Gasteiger partial charge in [-0.2, -0.15) is 0 Å². The van der Waals surface area contributed by atoms with Crippen molar-refractivity contribution in [1.29, 1.82) is 0 Å². The number of aromatic nitrogens is 1. The fourth-order valence-electron chi connectivity index (χ4n) is 5.57. The molecule has 3 aliphatic heterocycles. The summed E-state index contributed by atoms with van der Waals surface area (Å²) in [5, 5.41) is 32.0. The molecular formula is C27H28N2O7. The van der Waals surface area contributed by atoms with Crippen LogP contribution in [0, 0.1) is 5.92 Å². The van der Waals surface area contributed by atoms with E-state index in [-0.39, 0.29) is 17.7 Å². The Balaban J connectivity index is 1.28. The van der Waals surface area contributed by atoms with Crippen molar-refractivity contribution >= 4 is 6.09 Å². The molecule has 0 saturated carbocycles. The van der Waals surface area contributed by atoms with Gasteiger partial charge in [-0.05, 0) is 64.3 Å². The molecule has 2 aromatic carbocycles. The van der Waals surface area contributed by atoms with Gasteiger partial charge in [0.05, 0.1) is 26.4 Å². The number of piperidine rings is 1. The van der Waals surface area contributed by atoms with E-state index in [9.17, 15) is 20.1 Å². The van der Waals surface area contributed by atoms with E-state index in [1.807, 2.05) is 36.4 Å². The maximum absolute atomic E-state index is 12.7. The smallest absolute Gasteiger partial charge is 0.434 e. The van der Waals surface area contributed by atoms with Crippen molar-refractivity contribution < 1.29 is 34.4 Å². The number of aliphatic hydroxyl groups is 1. The van der Waals surface area contributed by atoms with Gasteiger partial charge in [-0.25, -0.2) is 4.79 Å². The molecule has 0 radical (unpaired) electrons. The molecule has 0 atom stereocenters. The third-order valence-corrected chi connectivity index (χ3v) is 7.63. The molecule has 0 aliphatic carbocycles. The quantitative estimate of drug-likeness (QED) is 0.513. The van der Waals surface area contributed by atoms with Crippen LogP contribution in [0.2, 0.25) is 0 Å². The Kier molecular flexibility index (Phi) is 5.63. The number of fused-ring (bicyclic) bond motifs is 2. The van der Waals surface area contributed by atoms with Gasteiger partial charge in [-0.15, -0.1) is 4.73 Å². The standard InChI is InChI=1S/C27H28N2O7/c30-24-5-6-25(31)29(24)36-26(32)28-9-7-21(8-10-28)27(33,22-3-1-17-13-34-15-19(17)11-22)23-4-2-18-14-35-16-20(18)12-23/h1-6,11-12,21,30-31,33H,7-10,13-16H2. The average Bonchev–Trinajstić information content (AvgIpc) is 3.64. The summed E-state index contributed by atoms with van der Waals surface area (Å²) in [7, 11) is 0. The van der Waals surface area contributed by atoms with Crippen LogP contribution in [0.15, 0.2) is 48.5 Å². The third kappa shape index (κ3) is 3.80. The summed E-state index contributed by atoms with van der Waals surface area (Å²) in [6, 6.07) is 14.6. The van der Waals surface area contributed by atoms with Crippen LogP contribution in [-0.4, -0.2) is 44.1 Å². The van der Waals surface area contributed by atoms with Gasteiger partial charge >= 0.3 is 6.09 Å². The number of likely N-dealkylation sites (tertiary alicyclic amines) is 1. The first-order chi connectivity index (χ1) is 17.4. The maximum atomic E-state index is 12.7. The molecule has 6 rings (SSSR count). The molecule has 0 spiro atoms. The van der Waals surface area contributed by atoms with Gasteiger partial charge in [-0.1, -0.05) is 24.3 Å². The highest BCUT2D eigenvalue weighted by molar-refractivity contribution is 5.68. The summed E-state index contributed by atoms with van der Waals surface area (Å²) >= 11 is 0. The Morgan fingerprint density at radius 3 is 1.83 bits per heavy atom. The Morgan fingerprint density at radius 2 is 1.31 bits per heavy atom. The zero-order valence-electron chi connectivity index (χ0n) is 19.7. The molecular weight excluding hydrogens is 464 g/mol. The molecule has 3 aliphatic rings. The number of carbonyl (C=O) groups excluding carboxylic acids is 1. The van der Waals surface area contributed by atoms with Gasteiger partial charge in [0, 0.05) is 25.2 Å². The largest absolute Gasteiger partial charge is 0.492 e. The molecule has 1 saturated heterocycles. The Bertz CT molecular complexity index is 1230. The molecule has 3 aromatic rings. The number of carbonyl (C=O) groups is 1. The van der Waals surface area contributed by atoms with Gasteiger partial charge < -0.3 is 34.5 Å². The van der Waals surface area contributed by atoms with Crippen LogP contribution >= 0.6 is 0 Å². The first-order valence-corrected chi connectivity index (χ1v) is 12.1. The molecule has 0 unspecified atom stereocenters. The maximum Gasteiger partial charge on any atom is 0.434 e. The molecule has 3 N–H and O–H groups in total. The fraction of sp³-hybridized carbons (Fsp3) is 0.370. The fourth-order valence-corrected chi connectivity index (χ4v) is 5.57. The molecule has 36 heavy (non-hydrogen) atoms. The predicted molar refractivity (Wildman–Crippen MR) is 127 cm³/mol. The second-order valence-corrected chi connectivity index (χ2v) is 9.68. The van der Waals surface area contributed by atoms with Gasteiger partial charge in [0.2, 0.25) is 11.8 Å². The van der Waals surface area contributed by atoms with Crippen molar-refractivity contribution in [2.45, 2.75) is 44.9 Å². The molecule has 1 fully saturated rings. The van der Waals surface area contributed by atoms with Crippen LogP contribution in [-0.2, 0) is 41.5 Å². The zero-order valence-corrected chi connectivity index (χ0v) is 19.7. The van der Waals surface area contributed by atoms with Gasteiger partial charge in [-0.3, -0.25) is 0 Å². The van der Waals surface area contributed by atoms with E-state index in [1.54, 1.807) is 0 Å². The lowest BCUT2D eigenvalue weighted by atomic mass is 9.71. The van der Waals surface area contributed by atoms with Crippen LogP contribution < -0.4 is 4.84 Å². The number of nitrogens with zero attached hydrogens (tertiary/aromatic N) is 2. The van der Waals surface area contributed by atoms with Crippen molar-refractivity contribution in [3.8, 4) is 11.8 Å². The van der Waals surface area contributed by atoms with Crippen molar-refractivity contribution in [1.82, 2.24) is 9.63 Å². The highest BCUT2D eigenvalue weighted by Crippen LogP contribution is 2.44. The van der Waals surface area contributed by atoms with E-state index < -0.39 is 11.7 Å². The number of aromatic hydroxyl groups is 2. The molecule has 9 nitrogen and oxygen atoms in total. The Labute approximate surface area is 208 Å². The van der Waals surface area contributed by atoms with Crippen LogP contribution in [0.25, 0.3) is 0 Å². The van der Waals surface area contributed by atoms with E-state index in [0.717, 1.165) is 33.4 Å². The van der Waals surface area contributed by atoms with Crippen LogP contribution in [0.1, 0.15) is 46.2 Å². The topological polar surface area (TPSA) is 114 Å². The molecule has 4 heterocycles. The second kappa shape index (κ2) is 8.85. The minimum Gasteiger partial charge on any atom is -0.492 e. The Hall–Kier alpha value is -3.53. The van der Waals surface area contributed by atoms with E-state index in [0.29, 0.717) is 57.1 Å². The van der Waals surface area contributed by atoms with Crippen molar-refractivity contribution in [2.24, 2.45) is 5.92 Å². The summed E-state index contributed by atoms with van der Waals surface area (Å²) < 4.78 is 11.9. The average molecular weight is 493 g/mol. The molecule has 1 amide bonds. The number of benzene rings is 2. The zero-order chi connectivity index (χ0) is 24.9. The van der Waals surface area contributed by atoms with Gasteiger partial charge in [0.1, 0.15) is 5.60 Å². The van der Waals surface area contributed by atoms with Crippen LogP contribution in [0.5, 0.6) is 11.8 Å². The lowest BCUT2D eigenvalue weighted by Crippen LogP contribution is -2.47. The monoisotopic (exact) mass is 492 g/mol. The van der Waals surface area contributed by atoms with E-state index in [1.165, 1.54) is 17.0 Å². The highest BCUT2D eigenvalue weighted by atomic mass is 16.7. The van der Waals surface area contributed by atoms with E-state index in [2.05, 4.69) is 0 Å². The number of hydrogen-bond acceptors (Lipinski definition) is 7. The first kappa shape index (κ1) is 22.9. The lowest BCUT2D eigenvalue weighted by Gasteiger charge is -2.42. The van der Waals surface area contributed by atoms with Crippen LogP contribution in [0.3, 0.4) is 0 Å². The molecule has 188 valence electrons. The summed E-state index contributed by atoms with van der Waals surface area (Å²) in [5.74, 6) is -0.895. The number of ether oxygens (including phenoxy) is 2. The summed E-state index contributed by atoms with van der Waals surface area (Å²) in [6.45, 7) is 2.93. The molecule has 1 aromatic heterocycles. The summed E-state index contributed by atoms with van der Waals surface area (Å²) in [5.41, 5.74) is 4.81. The summed E-state index contributed by atoms with van der Waals surface area (Å²) in [6.07, 6.45) is 0.399. The van der Waals surface area contributed by atoms with Crippen molar-refractivity contribution in [2.75, 3.05) is 13.1 Å². The number of rotatable bonds is 4. The first-order valence-electron chi connectivity index (χ1n) is 12.1. The second-order valence-electron chi connectivity index (χ2n) is 9.68.